The average Bonchev–Trinajstić information content (AvgIpc) is 3.14. The van der Waals surface area contributed by atoms with Crippen molar-refractivity contribution in [2.24, 2.45) is 0 Å². The second kappa shape index (κ2) is 13.7. The molecule has 0 fully saturated rings. The van der Waals surface area contributed by atoms with Crippen LogP contribution in [0.3, 0.4) is 0 Å². The van der Waals surface area contributed by atoms with E-state index in [2.05, 4.69) is 22.8 Å². The van der Waals surface area contributed by atoms with Crippen molar-refractivity contribution in [3.05, 3.63) is 32.0 Å². The summed E-state index contributed by atoms with van der Waals surface area (Å²) in [6.45, 7) is 0. The molecule has 0 radical (unpaired) electrons. The summed E-state index contributed by atoms with van der Waals surface area (Å²) in [6, 6.07) is 4.64. The molecule has 196 valence electrons. The maximum atomic E-state index is 12.5. The molecule has 0 bridgehead atoms. The van der Waals surface area contributed by atoms with Crippen LogP contribution in [0.4, 0.5) is 10.0 Å². The Hall–Kier alpha value is -2.68. The molecule has 2 amide bonds. The summed E-state index contributed by atoms with van der Waals surface area (Å²) in [6.07, 6.45) is 16.2. The fourth-order valence-electron chi connectivity index (χ4n) is 5.38. The van der Waals surface area contributed by atoms with E-state index >= 15 is 0 Å². The number of fused-ring (bicyclic) bond motifs is 2. The molecule has 8 heteroatoms. The van der Waals surface area contributed by atoms with E-state index < -0.39 is 0 Å². The van der Waals surface area contributed by atoms with Gasteiger partial charge in [0.2, 0.25) is 11.8 Å². The van der Waals surface area contributed by atoms with Gasteiger partial charge in [0.05, 0.1) is 11.1 Å². The largest absolute Gasteiger partial charge is 0.317 e. The Morgan fingerprint density at radius 2 is 1.03 bits per heavy atom. The topological polar surface area (TPSA) is 106 Å². The quantitative estimate of drug-likeness (QED) is 0.244. The molecule has 2 aromatic heterocycles. The van der Waals surface area contributed by atoms with Crippen molar-refractivity contribution in [1.82, 2.24) is 0 Å². The molecule has 2 heterocycles. The van der Waals surface area contributed by atoms with Crippen LogP contribution in [-0.2, 0) is 35.3 Å². The highest BCUT2D eigenvalue weighted by molar-refractivity contribution is 7.17. The molecule has 0 spiro atoms. The lowest BCUT2D eigenvalue weighted by Crippen LogP contribution is -2.11. The molecule has 0 saturated heterocycles. The zero-order valence-corrected chi connectivity index (χ0v) is 23.2. The lowest BCUT2D eigenvalue weighted by Gasteiger charge is -2.05. The Labute approximate surface area is 228 Å². The molecular formula is C29H36N4O2S2. The molecule has 0 atom stereocenters. The highest BCUT2D eigenvalue weighted by Gasteiger charge is 2.22. The zero-order chi connectivity index (χ0) is 26.0. The Balaban J connectivity index is 1.12. The molecule has 2 aliphatic carbocycles. The van der Waals surface area contributed by atoms with Crippen molar-refractivity contribution >= 4 is 44.5 Å². The van der Waals surface area contributed by atoms with Crippen molar-refractivity contribution in [2.75, 3.05) is 10.6 Å². The van der Waals surface area contributed by atoms with Gasteiger partial charge in [-0.05, 0) is 75.3 Å². The molecule has 0 aliphatic heterocycles. The SMILES string of the molecule is N#Cc1c(NC(=O)CCCCCCCC(=O)Nc2sc3c(c2C#N)CCCCC3)sc2c1CCCCC2. The van der Waals surface area contributed by atoms with Crippen molar-refractivity contribution < 1.29 is 9.59 Å². The summed E-state index contributed by atoms with van der Waals surface area (Å²) in [5.74, 6) is -0.0372. The molecule has 4 rings (SSSR count). The van der Waals surface area contributed by atoms with Crippen LogP contribution in [0.5, 0.6) is 0 Å². The second-order valence-corrected chi connectivity index (χ2v) is 12.3. The number of nitrogens with zero attached hydrogens (tertiary/aromatic N) is 2. The third-order valence-electron chi connectivity index (χ3n) is 7.38. The number of nitrogens with one attached hydrogen (secondary N) is 2. The summed E-state index contributed by atoms with van der Waals surface area (Å²) < 4.78 is 0. The monoisotopic (exact) mass is 536 g/mol. The Morgan fingerprint density at radius 3 is 1.46 bits per heavy atom. The van der Waals surface area contributed by atoms with E-state index in [-0.39, 0.29) is 11.8 Å². The normalized spacial score (nSPS) is 14.9. The highest BCUT2D eigenvalue weighted by atomic mass is 32.1. The third-order valence-corrected chi connectivity index (χ3v) is 9.79. The summed E-state index contributed by atoms with van der Waals surface area (Å²) in [7, 11) is 0. The third kappa shape index (κ3) is 7.21. The predicted molar refractivity (Wildman–Crippen MR) is 150 cm³/mol. The summed E-state index contributed by atoms with van der Waals surface area (Å²) >= 11 is 3.17. The highest BCUT2D eigenvalue weighted by Crippen LogP contribution is 2.38. The lowest BCUT2D eigenvalue weighted by atomic mass is 10.1. The number of hydrogen-bond acceptors (Lipinski definition) is 6. The van der Waals surface area contributed by atoms with Crippen LogP contribution in [0.2, 0.25) is 0 Å². The van der Waals surface area contributed by atoms with Crippen LogP contribution < -0.4 is 10.6 Å². The number of carbonyl (C=O) groups is 2. The number of hydrogen-bond donors (Lipinski definition) is 2. The maximum absolute atomic E-state index is 12.5. The number of rotatable bonds is 10. The molecule has 0 unspecified atom stereocenters. The van der Waals surface area contributed by atoms with Gasteiger partial charge in [-0.1, -0.05) is 32.1 Å². The molecule has 2 aromatic rings. The van der Waals surface area contributed by atoms with Gasteiger partial charge in [-0.25, -0.2) is 0 Å². The average molecular weight is 537 g/mol. The smallest absolute Gasteiger partial charge is 0.225 e. The Kier molecular flexibility index (Phi) is 10.2. The Bertz CT molecular complexity index is 1110. The van der Waals surface area contributed by atoms with Gasteiger partial charge in [-0.2, -0.15) is 10.5 Å². The maximum Gasteiger partial charge on any atom is 0.225 e. The van der Waals surface area contributed by atoms with Crippen molar-refractivity contribution in [3.63, 3.8) is 0 Å². The molecule has 6 nitrogen and oxygen atoms in total. The van der Waals surface area contributed by atoms with Crippen LogP contribution in [0.25, 0.3) is 0 Å². The Morgan fingerprint density at radius 1 is 0.622 bits per heavy atom. The van der Waals surface area contributed by atoms with Gasteiger partial charge in [0.1, 0.15) is 22.1 Å². The van der Waals surface area contributed by atoms with Crippen LogP contribution >= 0.6 is 22.7 Å². The number of carbonyl (C=O) groups excluding carboxylic acids is 2. The number of amides is 2. The van der Waals surface area contributed by atoms with Crippen molar-refractivity contribution in [1.29, 1.82) is 10.5 Å². The minimum atomic E-state index is -0.0186. The minimum Gasteiger partial charge on any atom is -0.317 e. The minimum absolute atomic E-state index is 0.0186. The molecule has 0 saturated carbocycles. The summed E-state index contributed by atoms with van der Waals surface area (Å²) in [5, 5.41) is 26.7. The van der Waals surface area contributed by atoms with E-state index in [1.807, 2.05) is 0 Å². The zero-order valence-electron chi connectivity index (χ0n) is 21.5. The van der Waals surface area contributed by atoms with Crippen LogP contribution in [0, 0.1) is 22.7 Å². The van der Waals surface area contributed by atoms with Crippen molar-refractivity contribution in [3.8, 4) is 12.1 Å². The molecule has 2 aliphatic rings. The van der Waals surface area contributed by atoms with E-state index in [0.717, 1.165) is 105 Å². The number of aryl methyl sites for hydroxylation is 2. The number of anilines is 2. The van der Waals surface area contributed by atoms with Crippen molar-refractivity contribution in [2.45, 2.75) is 109 Å². The van der Waals surface area contributed by atoms with E-state index in [9.17, 15) is 20.1 Å². The van der Waals surface area contributed by atoms with Gasteiger partial charge in [-0.3, -0.25) is 9.59 Å². The van der Waals surface area contributed by atoms with Gasteiger partial charge in [0.15, 0.2) is 0 Å². The molecular weight excluding hydrogens is 500 g/mol. The van der Waals surface area contributed by atoms with Crippen LogP contribution in [0.1, 0.15) is 115 Å². The van der Waals surface area contributed by atoms with Gasteiger partial charge in [0, 0.05) is 22.6 Å². The van der Waals surface area contributed by atoms with Crippen LogP contribution in [-0.4, -0.2) is 11.8 Å². The van der Waals surface area contributed by atoms with Gasteiger partial charge in [-0.15, -0.1) is 22.7 Å². The van der Waals surface area contributed by atoms with Gasteiger partial charge in [0.25, 0.3) is 0 Å². The molecule has 37 heavy (non-hydrogen) atoms. The fourth-order valence-corrected chi connectivity index (χ4v) is 7.89. The van der Waals surface area contributed by atoms with E-state index in [1.165, 1.54) is 22.6 Å². The summed E-state index contributed by atoms with van der Waals surface area (Å²) in [5.41, 5.74) is 3.66. The first-order valence-electron chi connectivity index (χ1n) is 13.8. The predicted octanol–water partition coefficient (Wildman–Crippen LogP) is 7.40. The first-order chi connectivity index (χ1) is 18.1. The van der Waals surface area contributed by atoms with Gasteiger partial charge >= 0.3 is 0 Å². The van der Waals surface area contributed by atoms with Gasteiger partial charge < -0.3 is 10.6 Å². The number of nitriles is 2. The fraction of sp³-hybridized carbons (Fsp3) is 0.586. The van der Waals surface area contributed by atoms with E-state index in [0.29, 0.717) is 24.0 Å². The molecule has 2 N–H and O–H groups in total. The summed E-state index contributed by atoms with van der Waals surface area (Å²) in [4.78, 5) is 27.5. The second-order valence-electron chi connectivity index (χ2n) is 10.1. The van der Waals surface area contributed by atoms with Crippen LogP contribution in [0.15, 0.2) is 0 Å². The standard InChI is InChI=1S/C29H36N4O2S2/c30-18-22-20-12-6-4-8-14-24(20)36-28(22)32-26(34)16-10-2-1-3-11-17-27(35)33-29-23(19-31)21-13-7-5-9-15-25(21)37-29/h1-17H2,(H,32,34)(H,33,35). The first kappa shape index (κ1) is 27.4. The molecule has 0 aromatic carbocycles. The lowest BCUT2D eigenvalue weighted by molar-refractivity contribution is -0.117. The van der Waals surface area contributed by atoms with E-state index in [1.54, 1.807) is 22.7 Å². The number of unbranched alkanes of at least 4 members (excludes halogenated alkanes) is 4. The number of thiophene rings is 2. The van der Waals surface area contributed by atoms with E-state index in [4.69, 9.17) is 0 Å². The first-order valence-corrected chi connectivity index (χ1v) is 15.4.